The van der Waals surface area contributed by atoms with Crippen LogP contribution in [0.25, 0.3) is 10.8 Å². The summed E-state index contributed by atoms with van der Waals surface area (Å²) < 4.78 is 47.2. The molecule has 0 aliphatic carbocycles. The minimum Gasteiger partial charge on any atom is -0.0587 e. The van der Waals surface area contributed by atoms with Gasteiger partial charge in [0.1, 0.15) is 0 Å². The molecule has 0 heteroatoms. The first kappa shape index (κ1) is 3.21. The van der Waals surface area contributed by atoms with Crippen LogP contribution in [0, 0.1) is 13.8 Å². The average Bonchev–Trinajstić information content (AvgIpc) is 2.35. The van der Waals surface area contributed by atoms with Gasteiger partial charge in [0, 0.05) is 0 Å². The van der Waals surface area contributed by atoms with Crippen LogP contribution in [0.2, 0.25) is 0 Å². The van der Waals surface area contributed by atoms with Crippen LogP contribution >= 0.6 is 0 Å². The maximum atomic E-state index is 7.94. The molecular weight excluding hydrogens is 144 g/mol. The summed E-state index contributed by atoms with van der Waals surface area (Å²) in [4.78, 5) is 0. The molecule has 0 aromatic heterocycles. The van der Waals surface area contributed by atoms with Gasteiger partial charge in [-0.2, -0.15) is 0 Å². The van der Waals surface area contributed by atoms with Gasteiger partial charge in [-0.3, -0.25) is 0 Å². The molecule has 0 bridgehead atoms. The first-order chi connectivity index (χ1) is 8.29. The molecule has 0 saturated heterocycles. The average molecular weight is 162 g/mol. The Labute approximate surface area is 81.3 Å². The Morgan fingerprint density at radius 2 is 1.25 bits per heavy atom. The van der Waals surface area contributed by atoms with Crippen molar-refractivity contribution in [2.75, 3.05) is 0 Å². The quantitative estimate of drug-likeness (QED) is 0.556. The summed E-state index contributed by atoms with van der Waals surface area (Å²) >= 11 is 0. The van der Waals surface area contributed by atoms with Gasteiger partial charge in [0.25, 0.3) is 0 Å². The molecule has 0 atom stereocenters. The molecule has 60 valence electrons. The minimum atomic E-state index is -0.139. The van der Waals surface area contributed by atoms with Crippen LogP contribution < -0.4 is 0 Å². The van der Waals surface area contributed by atoms with Crippen molar-refractivity contribution in [2.24, 2.45) is 0 Å². The second kappa shape index (κ2) is 2.63. The summed E-state index contributed by atoms with van der Waals surface area (Å²) in [6.45, 7) is 3.10. The molecule has 2 rings (SSSR count). The van der Waals surface area contributed by atoms with Crippen LogP contribution in [0.1, 0.15) is 19.4 Å². The molecule has 12 heavy (non-hydrogen) atoms. The Bertz CT molecular complexity index is 562. The standard InChI is InChI=1S/C12H12/c1-9-3-5-12-8-10(2)4-6-11(12)7-9/h3-8H,1-2H3/i3D,4D,5D,6D,7D,8D. The van der Waals surface area contributed by atoms with E-state index < -0.39 is 0 Å². The highest BCUT2D eigenvalue weighted by Crippen LogP contribution is 2.16. The molecule has 0 fully saturated rings. The van der Waals surface area contributed by atoms with Gasteiger partial charge in [-0.1, -0.05) is 47.4 Å². The van der Waals surface area contributed by atoms with E-state index in [4.69, 9.17) is 8.22 Å². The number of hydrogen-bond donors (Lipinski definition) is 0. The highest BCUT2D eigenvalue weighted by Gasteiger charge is 1.92. The van der Waals surface area contributed by atoms with E-state index >= 15 is 0 Å². The van der Waals surface area contributed by atoms with Crippen LogP contribution in [0.15, 0.2) is 36.3 Å². The lowest BCUT2D eigenvalue weighted by Gasteiger charge is -1.99. The van der Waals surface area contributed by atoms with Crippen molar-refractivity contribution in [3.63, 3.8) is 0 Å². The van der Waals surface area contributed by atoms with E-state index in [0.29, 0.717) is 11.1 Å². The molecule has 0 aliphatic heterocycles. The highest BCUT2D eigenvalue weighted by molar-refractivity contribution is 5.83. The van der Waals surface area contributed by atoms with Gasteiger partial charge in [-0.25, -0.2) is 0 Å². The minimum absolute atomic E-state index is 0.0296. The van der Waals surface area contributed by atoms with E-state index in [1.54, 1.807) is 13.8 Å². The zero-order valence-electron chi connectivity index (χ0n) is 13.0. The summed E-state index contributed by atoms with van der Waals surface area (Å²) in [5.74, 6) is 0. The van der Waals surface area contributed by atoms with Crippen molar-refractivity contribution in [3.8, 4) is 0 Å². The van der Waals surface area contributed by atoms with Crippen LogP contribution in [0.5, 0.6) is 0 Å². The molecule has 2 aromatic carbocycles. The first-order valence-electron chi connectivity index (χ1n) is 6.75. The summed E-state index contributed by atoms with van der Waals surface area (Å²) in [6.07, 6.45) is 0. The lowest BCUT2D eigenvalue weighted by Crippen LogP contribution is -1.76. The Kier molecular flexibility index (Phi) is 0.705. The molecule has 0 aliphatic rings. The van der Waals surface area contributed by atoms with Crippen LogP contribution in [0.3, 0.4) is 0 Å². The molecule has 0 spiro atoms. The number of fused-ring (bicyclic) bond motifs is 1. The van der Waals surface area contributed by atoms with E-state index in [1.807, 2.05) is 0 Å². The van der Waals surface area contributed by atoms with E-state index in [0.717, 1.165) is 0 Å². The zero-order chi connectivity index (χ0) is 13.8. The third kappa shape index (κ3) is 1.20. The topological polar surface area (TPSA) is 0 Å². The molecule has 0 amide bonds. The van der Waals surface area contributed by atoms with Crippen molar-refractivity contribution >= 4 is 10.8 Å². The largest absolute Gasteiger partial charge is 0.0632 e. The van der Waals surface area contributed by atoms with Crippen molar-refractivity contribution in [3.05, 3.63) is 47.4 Å². The van der Waals surface area contributed by atoms with Crippen LogP contribution in [-0.2, 0) is 0 Å². The number of hydrogen-bond acceptors (Lipinski definition) is 0. The fourth-order valence-electron chi connectivity index (χ4n) is 1.06. The molecule has 0 heterocycles. The molecule has 2 aromatic rings. The Morgan fingerprint density at radius 3 is 1.67 bits per heavy atom. The van der Waals surface area contributed by atoms with E-state index in [2.05, 4.69) is 0 Å². The molecule has 0 unspecified atom stereocenters. The third-order valence-corrected chi connectivity index (χ3v) is 1.62. The van der Waals surface area contributed by atoms with Crippen molar-refractivity contribution in [1.29, 1.82) is 0 Å². The Morgan fingerprint density at radius 1 is 0.833 bits per heavy atom. The normalized spacial score (nSPS) is 17.5. The van der Waals surface area contributed by atoms with E-state index in [9.17, 15) is 0 Å². The molecular formula is C12H12. The van der Waals surface area contributed by atoms with Gasteiger partial charge in [-0.05, 0) is 24.6 Å². The zero-order valence-corrected chi connectivity index (χ0v) is 7.00. The smallest absolute Gasteiger partial charge is 0.0587 e. The molecule has 0 N–H and O–H groups in total. The van der Waals surface area contributed by atoms with Gasteiger partial charge in [0.2, 0.25) is 0 Å². The summed E-state index contributed by atoms with van der Waals surface area (Å²) in [7, 11) is 0. The Hall–Kier alpha value is -1.30. The van der Waals surface area contributed by atoms with E-state index in [1.165, 1.54) is 0 Å². The maximum Gasteiger partial charge on any atom is 0.0632 e. The summed E-state index contributed by atoms with van der Waals surface area (Å²) in [5, 5.41) is 0.267. The monoisotopic (exact) mass is 162 g/mol. The number of benzene rings is 2. The predicted octanol–water partition coefficient (Wildman–Crippen LogP) is 3.46. The molecule has 0 saturated carbocycles. The Balaban J connectivity index is 3.22. The predicted molar refractivity (Wildman–Crippen MR) is 53.4 cm³/mol. The highest BCUT2D eigenvalue weighted by atomic mass is 14.0. The van der Waals surface area contributed by atoms with Crippen LogP contribution in [0.4, 0.5) is 0 Å². The summed E-state index contributed by atoms with van der Waals surface area (Å²) in [5.41, 5.74) is 0.618. The second-order valence-electron chi connectivity index (χ2n) is 2.75. The lowest BCUT2D eigenvalue weighted by molar-refractivity contribution is 1.47. The van der Waals surface area contributed by atoms with Crippen molar-refractivity contribution < 1.29 is 8.22 Å². The van der Waals surface area contributed by atoms with E-state index in [-0.39, 0.29) is 47.0 Å². The van der Waals surface area contributed by atoms with Gasteiger partial charge >= 0.3 is 0 Å². The van der Waals surface area contributed by atoms with Crippen molar-refractivity contribution in [1.82, 2.24) is 0 Å². The van der Waals surface area contributed by atoms with Crippen LogP contribution in [-0.4, -0.2) is 0 Å². The first-order valence-corrected chi connectivity index (χ1v) is 3.75. The fraction of sp³-hybridized carbons (Fsp3) is 0.167. The summed E-state index contributed by atoms with van der Waals surface area (Å²) in [6, 6.07) is -0.508. The van der Waals surface area contributed by atoms with Gasteiger partial charge in [-0.15, -0.1) is 0 Å². The maximum absolute atomic E-state index is 7.94. The fourth-order valence-corrected chi connectivity index (χ4v) is 1.06. The van der Waals surface area contributed by atoms with Gasteiger partial charge in [0.15, 0.2) is 0 Å². The molecule has 0 nitrogen and oxygen atoms in total. The van der Waals surface area contributed by atoms with Gasteiger partial charge < -0.3 is 0 Å². The SMILES string of the molecule is [2H]c1c(C)c([2H])c2c([2H])c([2H])c(C)c([2H])c2c1[2H]. The third-order valence-electron chi connectivity index (χ3n) is 1.62. The molecule has 0 radical (unpaired) electrons. The second-order valence-corrected chi connectivity index (χ2v) is 2.75. The van der Waals surface area contributed by atoms with Crippen molar-refractivity contribution in [2.45, 2.75) is 13.8 Å². The van der Waals surface area contributed by atoms with Gasteiger partial charge in [0.05, 0.1) is 8.22 Å². The number of rotatable bonds is 0. The lowest BCUT2D eigenvalue weighted by atomic mass is 10.1.